The molecule has 1 saturated heterocycles. The number of rotatable bonds is 8. The van der Waals surface area contributed by atoms with Gasteiger partial charge in [0.1, 0.15) is 6.61 Å². The lowest BCUT2D eigenvalue weighted by Gasteiger charge is -2.15. The number of carbonyl (C=O) groups is 3. The Morgan fingerprint density at radius 2 is 1.77 bits per heavy atom. The largest absolute Gasteiger partial charge is 0.490 e. The van der Waals surface area contributed by atoms with E-state index in [1.807, 2.05) is 13.0 Å². The molecule has 0 saturated carbocycles. The normalized spacial score (nSPS) is 14.5. The predicted molar refractivity (Wildman–Crippen MR) is 138 cm³/mol. The molecule has 3 aromatic carbocycles. The van der Waals surface area contributed by atoms with Crippen LogP contribution >= 0.6 is 27.7 Å². The van der Waals surface area contributed by atoms with E-state index in [1.165, 1.54) is 12.1 Å². The summed E-state index contributed by atoms with van der Waals surface area (Å²) in [5.74, 6) is -0.428. The lowest BCUT2D eigenvalue weighted by Crippen LogP contribution is -2.27. The van der Waals surface area contributed by atoms with Crippen molar-refractivity contribution in [2.24, 2.45) is 0 Å². The summed E-state index contributed by atoms with van der Waals surface area (Å²) in [7, 11) is 0. The van der Waals surface area contributed by atoms with Crippen molar-refractivity contribution in [2.45, 2.75) is 13.5 Å². The molecule has 7 nitrogen and oxygen atoms in total. The molecule has 1 fully saturated rings. The zero-order valence-corrected chi connectivity index (χ0v) is 21.0. The number of carbonyl (C=O) groups excluding carboxylic acids is 2. The molecule has 178 valence electrons. The number of carboxylic acids is 1. The Morgan fingerprint density at radius 3 is 2.43 bits per heavy atom. The molecule has 1 N–H and O–H groups in total. The molecule has 0 aromatic heterocycles. The fourth-order valence-corrected chi connectivity index (χ4v) is 4.81. The van der Waals surface area contributed by atoms with Crippen LogP contribution in [0.1, 0.15) is 28.4 Å². The number of anilines is 1. The maximum Gasteiger partial charge on any atom is 0.335 e. The average molecular weight is 554 g/mol. The number of aromatic carboxylic acids is 1. The molecule has 1 aliphatic heterocycles. The highest BCUT2D eigenvalue weighted by Gasteiger charge is 2.36. The molecule has 9 heteroatoms. The summed E-state index contributed by atoms with van der Waals surface area (Å²) in [5, 5.41) is 8.69. The number of nitrogens with zero attached hydrogens (tertiary/aromatic N) is 1. The number of benzene rings is 3. The Kier molecular flexibility index (Phi) is 7.57. The van der Waals surface area contributed by atoms with E-state index in [1.54, 1.807) is 54.6 Å². The fraction of sp³-hybridized carbons (Fsp3) is 0.115. The standard InChI is InChI=1S/C26H20BrNO6S/c1-2-33-21-13-17(14-22-24(29)28(26(32)35-22)19-6-4-3-5-7-19)12-20(27)23(21)34-15-16-8-10-18(11-9-16)25(30)31/h3-14H,2,15H2,1H3,(H,30,31)/b22-14-. The molecule has 0 aliphatic carbocycles. The number of hydrogen-bond donors (Lipinski definition) is 1. The lowest BCUT2D eigenvalue weighted by molar-refractivity contribution is -0.113. The monoisotopic (exact) mass is 553 g/mol. The summed E-state index contributed by atoms with van der Waals surface area (Å²) in [6, 6.07) is 18.7. The molecule has 0 spiro atoms. The van der Waals surface area contributed by atoms with E-state index < -0.39 is 5.97 Å². The minimum atomic E-state index is -0.990. The molecule has 35 heavy (non-hydrogen) atoms. The smallest absolute Gasteiger partial charge is 0.335 e. The van der Waals surface area contributed by atoms with Gasteiger partial charge in [0, 0.05) is 0 Å². The van der Waals surface area contributed by atoms with Gasteiger partial charge in [-0.2, -0.15) is 0 Å². The highest BCUT2D eigenvalue weighted by molar-refractivity contribution is 9.10. The van der Waals surface area contributed by atoms with Crippen LogP contribution in [0, 0.1) is 0 Å². The van der Waals surface area contributed by atoms with Crippen LogP contribution in [0.4, 0.5) is 10.5 Å². The van der Waals surface area contributed by atoms with Crippen molar-refractivity contribution >= 4 is 56.6 Å². The predicted octanol–water partition coefficient (Wildman–Crippen LogP) is 6.37. The Hall–Kier alpha value is -3.56. The second-order valence-electron chi connectivity index (χ2n) is 7.41. The van der Waals surface area contributed by atoms with E-state index in [4.69, 9.17) is 14.6 Å². The molecule has 1 aliphatic rings. The van der Waals surface area contributed by atoms with Gasteiger partial charge in [-0.15, -0.1) is 0 Å². The first-order valence-electron chi connectivity index (χ1n) is 10.6. The van der Waals surface area contributed by atoms with E-state index in [9.17, 15) is 14.4 Å². The SMILES string of the molecule is CCOc1cc(/C=C2\SC(=O)N(c3ccccc3)C2=O)cc(Br)c1OCc1ccc(C(=O)O)cc1. The van der Waals surface area contributed by atoms with Crippen LogP contribution in [0.25, 0.3) is 6.08 Å². The molecule has 2 amide bonds. The van der Waals surface area contributed by atoms with Crippen molar-refractivity contribution in [2.75, 3.05) is 11.5 Å². The quantitative estimate of drug-likeness (QED) is 0.324. The topological polar surface area (TPSA) is 93.1 Å². The summed E-state index contributed by atoms with van der Waals surface area (Å²) < 4.78 is 12.4. The summed E-state index contributed by atoms with van der Waals surface area (Å²) in [5.41, 5.74) is 2.18. The second-order valence-corrected chi connectivity index (χ2v) is 9.25. The molecular weight excluding hydrogens is 534 g/mol. The van der Waals surface area contributed by atoms with Gasteiger partial charge in [0.15, 0.2) is 11.5 Å². The number of hydrogen-bond acceptors (Lipinski definition) is 6. The van der Waals surface area contributed by atoms with E-state index >= 15 is 0 Å². The van der Waals surface area contributed by atoms with Crippen LogP contribution < -0.4 is 14.4 Å². The number of ether oxygens (including phenoxy) is 2. The Balaban J connectivity index is 1.57. The second kappa shape index (κ2) is 10.8. The van der Waals surface area contributed by atoms with E-state index in [0.717, 1.165) is 22.2 Å². The number of imide groups is 1. The first kappa shape index (κ1) is 24.6. The van der Waals surface area contributed by atoms with Gasteiger partial charge in [-0.05, 0) is 88.2 Å². The zero-order valence-electron chi connectivity index (χ0n) is 18.6. The Bertz CT molecular complexity index is 1310. The molecule has 3 aromatic rings. The van der Waals surface area contributed by atoms with Crippen LogP contribution in [0.15, 0.2) is 76.1 Å². The molecule has 4 rings (SSSR count). The third-order valence-electron chi connectivity index (χ3n) is 5.02. The van der Waals surface area contributed by atoms with Crippen molar-refractivity contribution < 1.29 is 29.0 Å². The molecule has 0 unspecified atom stereocenters. The Labute approximate surface area is 214 Å². The van der Waals surface area contributed by atoms with E-state index in [0.29, 0.717) is 38.7 Å². The van der Waals surface area contributed by atoms with Gasteiger partial charge in [0.25, 0.3) is 11.1 Å². The molecule has 1 heterocycles. The number of amides is 2. The van der Waals surface area contributed by atoms with Gasteiger partial charge in [0.2, 0.25) is 0 Å². The molecular formula is C26H20BrNO6S. The van der Waals surface area contributed by atoms with Gasteiger partial charge in [-0.25, -0.2) is 9.69 Å². The number of halogens is 1. The Morgan fingerprint density at radius 1 is 1.06 bits per heavy atom. The van der Waals surface area contributed by atoms with Crippen LogP contribution in [-0.2, 0) is 11.4 Å². The van der Waals surface area contributed by atoms with Crippen LogP contribution in [-0.4, -0.2) is 28.8 Å². The number of carboxylic acid groups (broad SMARTS) is 1. The van der Waals surface area contributed by atoms with Gasteiger partial charge < -0.3 is 14.6 Å². The summed E-state index contributed by atoms with van der Waals surface area (Å²) >= 11 is 4.40. The van der Waals surface area contributed by atoms with Gasteiger partial charge in [-0.3, -0.25) is 9.59 Å². The van der Waals surface area contributed by atoms with Gasteiger partial charge in [-0.1, -0.05) is 30.3 Å². The van der Waals surface area contributed by atoms with Gasteiger partial charge in [0.05, 0.1) is 27.2 Å². The third-order valence-corrected chi connectivity index (χ3v) is 6.48. The van der Waals surface area contributed by atoms with Crippen molar-refractivity contribution in [3.8, 4) is 11.5 Å². The maximum atomic E-state index is 12.9. The molecule has 0 bridgehead atoms. The third kappa shape index (κ3) is 5.58. The highest BCUT2D eigenvalue weighted by atomic mass is 79.9. The minimum Gasteiger partial charge on any atom is -0.490 e. The summed E-state index contributed by atoms with van der Waals surface area (Å²) in [6.45, 7) is 2.44. The number of thioether (sulfide) groups is 1. The van der Waals surface area contributed by atoms with E-state index in [-0.39, 0.29) is 23.3 Å². The van der Waals surface area contributed by atoms with Crippen molar-refractivity contribution in [3.63, 3.8) is 0 Å². The van der Waals surface area contributed by atoms with Crippen molar-refractivity contribution in [3.05, 3.63) is 92.8 Å². The molecule has 0 radical (unpaired) electrons. The molecule has 0 atom stereocenters. The first-order chi connectivity index (χ1) is 16.9. The summed E-state index contributed by atoms with van der Waals surface area (Å²) in [4.78, 5) is 37.9. The van der Waals surface area contributed by atoms with E-state index in [2.05, 4.69) is 15.9 Å². The lowest BCUT2D eigenvalue weighted by atomic mass is 10.1. The van der Waals surface area contributed by atoms with Gasteiger partial charge >= 0.3 is 5.97 Å². The minimum absolute atomic E-state index is 0.200. The van der Waals surface area contributed by atoms with Crippen LogP contribution in [0.3, 0.4) is 0 Å². The zero-order chi connectivity index (χ0) is 24.9. The van der Waals surface area contributed by atoms with Crippen LogP contribution in [0.2, 0.25) is 0 Å². The first-order valence-corrected chi connectivity index (χ1v) is 12.2. The number of para-hydroxylation sites is 1. The summed E-state index contributed by atoms with van der Waals surface area (Å²) in [6.07, 6.45) is 1.65. The maximum absolute atomic E-state index is 12.9. The van der Waals surface area contributed by atoms with Crippen LogP contribution in [0.5, 0.6) is 11.5 Å². The highest BCUT2D eigenvalue weighted by Crippen LogP contribution is 2.40. The van der Waals surface area contributed by atoms with Crippen molar-refractivity contribution in [1.29, 1.82) is 0 Å². The fourth-order valence-electron chi connectivity index (χ4n) is 3.39. The average Bonchev–Trinajstić information content (AvgIpc) is 3.12. The van der Waals surface area contributed by atoms with Crippen molar-refractivity contribution in [1.82, 2.24) is 0 Å².